The van der Waals surface area contributed by atoms with Crippen molar-refractivity contribution in [3.63, 3.8) is 0 Å². The third kappa shape index (κ3) is 2.30. The van der Waals surface area contributed by atoms with Crippen LogP contribution in [0.15, 0.2) is 23.1 Å². The first kappa shape index (κ1) is 10.8. The zero-order chi connectivity index (χ0) is 10.8. The molecule has 0 fully saturated rings. The van der Waals surface area contributed by atoms with Crippen LogP contribution < -0.4 is 4.18 Å². The maximum absolute atomic E-state index is 12.9. The average molecular weight is 307 g/mol. The van der Waals surface area contributed by atoms with E-state index in [1.54, 1.807) is 0 Å². The fourth-order valence-corrected chi connectivity index (χ4v) is 2.65. The molecule has 3 nitrogen and oxygen atoms in total. The van der Waals surface area contributed by atoms with Crippen LogP contribution in [0, 0.1) is 5.82 Å². The van der Waals surface area contributed by atoms with Crippen LogP contribution in [0.25, 0.3) is 10.6 Å². The van der Waals surface area contributed by atoms with E-state index in [1.807, 2.05) is 0 Å². The molecule has 78 valence electrons. The van der Waals surface area contributed by atoms with Gasteiger partial charge in [-0.3, -0.25) is 4.98 Å². The zero-order valence-corrected chi connectivity index (χ0v) is 10.4. The molecular weight excluding hydrogens is 303 g/mol. The minimum Gasteiger partial charge on any atom is -0.415 e. The standard InChI is InChI=1S/C8H4BrFN2OS2/c9-6-8(13-14)15-7(12-6)4-1-5(10)3-11-2-4/h1-3,14H. The van der Waals surface area contributed by atoms with E-state index >= 15 is 0 Å². The fourth-order valence-electron chi connectivity index (χ4n) is 0.996. The van der Waals surface area contributed by atoms with Gasteiger partial charge in [-0.25, -0.2) is 9.37 Å². The number of rotatable bonds is 2. The van der Waals surface area contributed by atoms with E-state index in [1.165, 1.54) is 23.6 Å². The third-order valence-electron chi connectivity index (χ3n) is 1.59. The smallest absolute Gasteiger partial charge is 0.225 e. The van der Waals surface area contributed by atoms with Crippen molar-refractivity contribution in [2.24, 2.45) is 0 Å². The van der Waals surface area contributed by atoms with Gasteiger partial charge in [0.25, 0.3) is 0 Å². The summed E-state index contributed by atoms with van der Waals surface area (Å²) in [5.41, 5.74) is 0.609. The van der Waals surface area contributed by atoms with Gasteiger partial charge >= 0.3 is 0 Å². The summed E-state index contributed by atoms with van der Waals surface area (Å²) in [5, 5.41) is 1.15. The molecular formula is C8H4BrFN2OS2. The number of nitrogens with zero attached hydrogens (tertiary/aromatic N) is 2. The van der Waals surface area contributed by atoms with Crippen molar-refractivity contribution in [2.75, 3.05) is 0 Å². The Labute approximate surface area is 103 Å². The quantitative estimate of drug-likeness (QED) is 0.683. The number of pyridine rings is 1. The molecule has 0 aromatic carbocycles. The first-order valence-corrected chi connectivity index (χ1v) is 5.77. The largest absolute Gasteiger partial charge is 0.415 e. The van der Waals surface area contributed by atoms with Crippen LogP contribution >= 0.6 is 40.2 Å². The predicted molar refractivity (Wildman–Crippen MR) is 62.6 cm³/mol. The molecule has 0 saturated carbocycles. The van der Waals surface area contributed by atoms with Gasteiger partial charge in [-0.2, -0.15) is 0 Å². The number of thiazole rings is 1. The van der Waals surface area contributed by atoms with Gasteiger partial charge in [0.2, 0.25) is 5.06 Å². The fraction of sp³-hybridized carbons (Fsp3) is 0. The maximum atomic E-state index is 12.9. The summed E-state index contributed by atoms with van der Waals surface area (Å²) in [7, 11) is 0. The van der Waals surface area contributed by atoms with Gasteiger partial charge in [-0.05, 0) is 22.0 Å². The van der Waals surface area contributed by atoms with Crippen molar-refractivity contribution in [1.29, 1.82) is 0 Å². The average Bonchev–Trinajstić information content (AvgIpc) is 2.60. The molecule has 7 heteroatoms. The Kier molecular flexibility index (Phi) is 3.22. The highest BCUT2D eigenvalue weighted by atomic mass is 79.9. The van der Waals surface area contributed by atoms with Crippen molar-refractivity contribution in [2.45, 2.75) is 0 Å². The van der Waals surface area contributed by atoms with Gasteiger partial charge in [0.1, 0.15) is 10.8 Å². The topological polar surface area (TPSA) is 35.0 Å². The molecule has 0 atom stereocenters. The van der Waals surface area contributed by atoms with Gasteiger partial charge in [-0.1, -0.05) is 11.3 Å². The molecule has 0 aliphatic rings. The number of aromatic nitrogens is 2. The van der Waals surface area contributed by atoms with E-state index in [-0.39, 0.29) is 0 Å². The van der Waals surface area contributed by atoms with Crippen molar-refractivity contribution in [3.05, 3.63) is 28.9 Å². The van der Waals surface area contributed by atoms with Crippen LogP contribution in [0.5, 0.6) is 5.06 Å². The van der Waals surface area contributed by atoms with Gasteiger partial charge in [0.15, 0.2) is 4.60 Å². The lowest BCUT2D eigenvalue weighted by Crippen LogP contribution is -1.81. The molecule has 0 amide bonds. The molecule has 2 aromatic heterocycles. The lowest BCUT2D eigenvalue weighted by atomic mass is 10.3. The van der Waals surface area contributed by atoms with E-state index in [0.29, 0.717) is 20.2 Å². The minimum atomic E-state index is -0.396. The van der Waals surface area contributed by atoms with Crippen LogP contribution in [0.4, 0.5) is 4.39 Å². The summed E-state index contributed by atoms with van der Waals surface area (Å²) in [6.07, 6.45) is 2.68. The molecule has 0 saturated heterocycles. The Morgan fingerprint density at radius 1 is 1.47 bits per heavy atom. The van der Waals surface area contributed by atoms with Crippen molar-refractivity contribution in [1.82, 2.24) is 9.97 Å². The Balaban J connectivity index is 2.45. The molecule has 0 aliphatic carbocycles. The van der Waals surface area contributed by atoms with E-state index in [0.717, 1.165) is 6.20 Å². The molecule has 0 radical (unpaired) electrons. The number of thiol groups is 1. The third-order valence-corrected chi connectivity index (χ3v) is 3.68. The summed E-state index contributed by atoms with van der Waals surface area (Å²) in [5.74, 6) is -0.396. The van der Waals surface area contributed by atoms with Crippen LogP contribution in [0.2, 0.25) is 0 Å². The van der Waals surface area contributed by atoms with Crippen molar-refractivity contribution in [3.8, 4) is 15.6 Å². The molecule has 2 rings (SSSR count). The van der Waals surface area contributed by atoms with Crippen molar-refractivity contribution >= 4 is 40.2 Å². The summed E-state index contributed by atoms with van der Waals surface area (Å²) >= 11 is 8.14. The number of hydrogen-bond acceptors (Lipinski definition) is 5. The van der Waals surface area contributed by atoms with Crippen LogP contribution in [-0.2, 0) is 0 Å². The molecule has 2 aromatic rings. The predicted octanol–water partition coefficient (Wildman–Crippen LogP) is 3.33. The maximum Gasteiger partial charge on any atom is 0.225 e. The highest BCUT2D eigenvalue weighted by molar-refractivity contribution is 9.10. The Morgan fingerprint density at radius 3 is 2.87 bits per heavy atom. The molecule has 0 bridgehead atoms. The Bertz CT molecular complexity index is 491. The summed E-state index contributed by atoms with van der Waals surface area (Å²) in [6, 6.07) is 1.36. The van der Waals surface area contributed by atoms with Crippen LogP contribution in [0.1, 0.15) is 0 Å². The molecule has 0 N–H and O–H groups in total. The van der Waals surface area contributed by atoms with Crippen LogP contribution in [0.3, 0.4) is 0 Å². The first-order valence-electron chi connectivity index (χ1n) is 3.79. The first-order chi connectivity index (χ1) is 7.20. The van der Waals surface area contributed by atoms with Gasteiger partial charge in [0, 0.05) is 24.7 Å². The van der Waals surface area contributed by atoms with Crippen LogP contribution in [-0.4, -0.2) is 9.97 Å². The Hall–Kier alpha value is -0.660. The van der Waals surface area contributed by atoms with E-state index in [4.69, 9.17) is 4.18 Å². The second-order valence-electron chi connectivity index (χ2n) is 2.58. The van der Waals surface area contributed by atoms with Gasteiger partial charge in [0.05, 0.1) is 6.20 Å². The monoisotopic (exact) mass is 306 g/mol. The number of halogens is 2. The van der Waals surface area contributed by atoms with E-state index in [9.17, 15) is 4.39 Å². The second-order valence-corrected chi connectivity index (χ2v) is 4.48. The second kappa shape index (κ2) is 4.46. The molecule has 0 spiro atoms. The Morgan fingerprint density at radius 2 is 2.27 bits per heavy atom. The normalized spacial score (nSPS) is 10.3. The zero-order valence-electron chi connectivity index (χ0n) is 7.15. The van der Waals surface area contributed by atoms with Crippen molar-refractivity contribution < 1.29 is 8.57 Å². The summed E-state index contributed by atoms with van der Waals surface area (Å²) in [4.78, 5) is 7.89. The molecule has 0 unspecified atom stereocenters. The van der Waals surface area contributed by atoms with Gasteiger partial charge < -0.3 is 4.18 Å². The molecule has 2 heterocycles. The SMILES string of the molecule is Fc1cncc(-c2nc(Br)c(OS)s2)c1. The minimum absolute atomic E-state index is 0.396. The van der Waals surface area contributed by atoms with E-state index in [2.05, 4.69) is 38.8 Å². The molecule has 0 aliphatic heterocycles. The summed E-state index contributed by atoms with van der Waals surface area (Å²) < 4.78 is 18.2. The van der Waals surface area contributed by atoms with E-state index < -0.39 is 5.82 Å². The number of hydrogen-bond donors (Lipinski definition) is 1. The lowest BCUT2D eigenvalue weighted by molar-refractivity contribution is 0.622. The molecule has 15 heavy (non-hydrogen) atoms. The highest BCUT2D eigenvalue weighted by Gasteiger charge is 2.11. The summed E-state index contributed by atoms with van der Waals surface area (Å²) in [6.45, 7) is 0. The highest BCUT2D eigenvalue weighted by Crippen LogP contribution is 2.37. The lowest BCUT2D eigenvalue weighted by Gasteiger charge is -1.93. The van der Waals surface area contributed by atoms with Gasteiger partial charge in [-0.15, -0.1) is 0 Å².